The summed E-state index contributed by atoms with van der Waals surface area (Å²) in [7, 11) is 1.53. The van der Waals surface area contributed by atoms with Crippen molar-refractivity contribution in [1.82, 2.24) is 19.9 Å². The number of hydrogen-bond donors (Lipinski definition) is 2. The average molecular weight is 648 g/mol. The Morgan fingerprint density at radius 2 is 1.96 bits per heavy atom. The average Bonchev–Trinajstić information content (AvgIpc) is 3.42. The van der Waals surface area contributed by atoms with E-state index in [-0.39, 0.29) is 41.3 Å². The lowest BCUT2D eigenvalue weighted by atomic mass is 9.94. The zero-order valence-corrected chi connectivity index (χ0v) is 26.6. The molecule has 46 heavy (non-hydrogen) atoms. The number of hydrogen-bond acceptors (Lipinski definition) is 7. The number of esters is 1. The summed E-state index contributed by atoms with van der Waals surface area (Å²) in [4.78, 5) is 48.0. The van der Waals surface area contributed by atoms with Gasteiger partial charge in [0, 0.05) is 30.5 Å². The number of halogens is 2. The molecule has 2 amide bonds. The highest BCUT2D eigenvalue weighted by atomic mass is 35.5. The molecule has 0 spiro atoms. The van der Waals surface area contributed by atoms with Crippen LogP contribution in [0.5, 0.6) is 0 Å². The quantitative estimate of drug-likeness (QED) is 0.178. The normalized spacial score (nSPS) is 16.4. The van der Waals surface area contributed by atoms with Crippen LogP contribution < -0.4 is 10.6 Å². The van der Waals surface area contributed by atoms with E-state index in [0.29, 0.717) is 48.5 Å². The first-order valence-electron chi connectivity index (χ1n) is 15.0. The molecule has 3 heterocycles. The number of nitrogens with zero attached hydrogens (tertiary/aromatic N) is 3. The molecule has 12 heteroatoms. The summed E-state index contributed by atoms with van der Waals surface area (Å²) in [6, 6.07) is 13.3. The van der Waals surface area contributed by atoms with Gasteiger partial charge in [0.05, 0.1) is 41.2 Å². The van der Waals surface area contributed by atoms with E-state index < -0.39 is 23.7 Å². The Kier molecular flexibility index (Phi) is 10.4. The number of fused-ring (bicyclic) bond motifs is 4. The number of rotatable bonds is 8. The van der Waals surface area contributed by atoms with Crippen molar-refractivity contribution in [2.45, 2.75) is 45.6 Å². The van der Waals surface area contributed by atoms with E-state index in [1.54, 1.807) is 31.3 Å². The summed E-state index contributed by atoms with van der Waals surface area (Å²) >= 11 is 5.98. The highest BCUT2D eigenvalue weighted by Crippen LogP contribution is 2.33. The van der Waals surface area contributed by atoms with Gasteiger partial charge in [-0.3, -0.25) is 23.9 Å². The van der Waals surface area contributed by atoms with Gasteiger partial charge in [-0.25, -0.2) is 9.37 Å². The number of amides is 2. The van der Waals surface area contributed by atoms with Crippen molar-refractivity contribution in [3.8, 4) is 16.8 Å². The summed E-state index contributed by atoms with van der Waals surface area (Å²) in [6.45, 7) is 4.01. The first kappa shape index (κ1) is 32.8. The predicted octanol–water partition coefficient (Wildman–Crippen LogP) is 6.00. The molecule has 1 aliphatic heterocycles. The number of ether oxygens (including phenoxy) is 2. The topological polar surface area (TPSA) is 124 Å². The Bertz CT molecular complexity index is 1760. The lowest BCUT2D eigenvalue weighted by molar-refractivity contribution is -0.144. The standard InChI is InChI=1S/C34H35ClFN5O5/c1-20-6-4-8-26(39-34(44)32-21(2)41(19-38-32)29-9-5-7-25(35)31(29)36)28-18-23(12-13-37-28)24-11-10-22(16-27(24)40-33(20)43)17-30(42)46-15-14-45-3/h5,7,9-13,16,18-20,26H,4,6,8,14-15,17H2,1-3H3,(H,39,44)(H,40,43)/t20-,26+/m1/s1. The SMILES string of the molecule is COCCOC(=O)Cc1ccc2c(c1)NC(=O)[C@H](C)CCC[C@H](NC(=O)c1ncn(-c3cccc(Cl)c3F)c1C)c1cc-2ccn1. The minimum Gasteiger partial charge on any atom is -0.463 e. The molecule has 0 saturated heterocycles. The van der Waals surface area contributed by atoms with Gasteiger partial charge < -0.3 is 20.1 Å². The number of methoxy groups -OCH3 is 1. The first-order chi connectivity index (χ1) is 22.2. The van der Waals surface area contributed by atoms with Gasteiger partial charge in [-0.05, 0) is 61.2 Å². The molecular formula is C34H35ClFN5O5. The van der Waals surface area contributed by atoms with Crippen molar-refractivity contribution in [3.05, 3.63) is 94.5 Å². The van der Waals surface area contributed by atoms with Gasteiger partial charge >= 0.3 is 5.97 Å². The van der Waals surface area contributed by atoms with Crippen molar-refractivity contribution in [1.29, 1.82) is 0 Å². The molecule has 0 radical (unpaired) electrons. The second kappa shape index (κ2) is 14.7. The minimum atomic E-state index is -0.607. The van der Waals surface area contributed by atoms with Gasteiger partial charge in [-0.15, -0.1) is 0 Å². The number of pyridine rings is 1. The second-order valence-corrected chi connectivity index (χ2v) is 11.6. The molecule has 2 aromatic carbocycles. The number of benzene rings is 2. The van der Waals surface area contributed by atoms with Gasteiger partial charge in [0.1, 0.15) is 18.6 Å². The van der Waals surface area contributed by atoms with Gasteiger partial charge in [-0.1, -0.05) is 43.1 Å². The van der Waals surface area contributed by atoms with Crippen LogP contribution in [0.2, 0.25) is 5.02 Å². The molecule has 0 aliphatic carbocycles. The van der Waals surface area contributed by atoms with E-state index in [9.17, 15) is 18.8 Å². The fourth-order valence-corrected chi connectivity index (χ4v) is 5.58. The Hall–Kier alpha value is -4.61. The fourth-order valence-electron chi connectivity index (χ4n) is 5.41. The van der Waals surface area contributed by atoms with E-state index in [0.717, 1.165) is 11.1 Å². The number of carbonyl (C=O) groups excluding carboxylic acids is 3. The van der Waals surface area contributed by atoms with Crippen molar-refractivity contribution < 1.29 is 28.2 Å². The van der Waals surface area contributed by atoms with Crippen molar-refractivity contribution in [3.63, 3.8) is 0 Å². The molecule has 240 valence electrons. The third-order valence-corrected chi connectivity index (χ3v) is 8.28. The van der Waals surface area contributed by atoms with Crippen molar-refractivity contribution in [2.24, 2.45) is 5.92 Å². The van der Waals surface area contributed by atoms with Crippen LogP contribution in [-0.2, 0) is 25.5 Å². The minimum absolute atomic E-state index is 0.0306. The van der Waals surface area contributed by atoms with Crippen LogP contribution >= 0.6 is 11.6 Å². The van der Waals surface area contributed by atoms with Crippen molar-refractivity contribution in [2.75, 3.05) is 25.6 Å². The molecule has 0 saturated carbocycles. The Balaban J connectivity index is 1.44. The van der Waals surface area contributed by atoms with E-state index in [1.165, 1.54) is 24.1 Å². The number of anilines is 1. The maximum absolute atomic E-state index is 14.7. The van der Waals surface area contributed by atoms with Crippen LogP contribution in [0.3, 0.4) is 0 Å². The number of nitrogens with one attached hydrogen (secondary N) is 2. The van der Waals surface area contributed by atoms with Crippen LogP contribution in [0.25, 0.3) is 16.8 Å². The van der Waals surface area contributed by atoms with Gasteiger partial charge in [0.2, 0.25) is 5.91 Å². The molecular weight excluding hydrogens is 613 g/mol. The van der Waals surface area contributed by atoms with E-state index in [1.807, 2.05) is 31.2 Å². The molecule has 0 fully saturated rings. The van der Waals surface area contributed by atoms with E-state index in [4.69, 9.17) is 21.1 Å². The third kappa shape index (κ3) is 7.43. The molecule has 10 nitrogen and oxygen atoms in total. The summed E-state index contributed by atoms with van der Waals surface area (Å²) < 4.78 is 26.4. The molecule has 0 unspecified atom stereocenters. The summed E-state index contributed by atoms with van der Waals surface area (Å²) in [5, 5.41) is 6.09. The highest BCUT2D eigenvalue weighted by Gasteiger charge is 2.25. The van der Waals surface area contributed by atoms with Crippen LogP contribution in [0.1, 0.15) is 59.7 Å². The zero-order chi connectivity index (χ0) is 32.8. The molecule has 2 atom stereocenters. The second-order valence-electron chi connectivity index (χ2n) is 11.2. The Labute approximate surface area is 271 Å². The van der Waals surface area contributed by atoms with E-state index >= 15 is 0 Å². The molecule has 1 aliphatic rings. The summed E-state index contributed by atoms with van der Waals surface area (Å²) in [6.07, 6.45) is 4.82. The van der Waals surface area contributed by atoms with Crippen LogP contribution in [0.4, 0.5) is 10.1 Å². The van der Waals surface area contributed by atoms with Crippen molar-refractivity contribution >= 4 is 35.1 Å². The molecule has 5 rings (SSSR count). The molecule has 2 bridgehead atoms. The Morgan fingerprint density at radius 1 is 1.13 bits per heavy atom. The highest BCUT2D eigenvalue weighted by molar-refractivity contribution is 6.30. The van der Waals surface area contributed by atoms with E-state index in [2.05, 4.69) is 20.6 Å². The number of carbonyl (C=O) groups is 3. The monoisotopic (exact) mass is 647 g/mol. The third-order valence-electron chi connectivity index (χ3n) is 7.98. The largest absolute Gasteiger partial charge is 0.463 e. The lowest BCUT2D eigenvalue weighted by Crippen LogP contribution is -2.30. The number of aromatic nitrogens is 3. The molecule has 2 aromatic heterocycles. The lowest BCUT2D eigenvalue weighted by Gasteiger charge is -2.22. The first-order valence-corrected chi connectivity index (χ1v) is 15.4. The number of imidazole rings is 1. The van der Waals surface area contributed by atoms with Gasteiger partial charge in [0.25, 0.3) is 5.91 Å². The summed E-state index contributed by atoms with van der Waals surface area (Å²) in [5.41, 5.74) is 4.19. The smallest absolute Gasteiger partial charge is 0.310 e. The predicted molar refractivity (Wildman–Crippen MR) is 171 cm³/mol. The van der Waals surface area contributed by atoms with Crippen LogP contribution in [0.15, 0.2) is 61.1 Å². The van der Waals surface area contributed by atoms with Crippen LogP contribution in [0, 0.1) is 18.7 Å². The Morgan fingerprint density at radius 3 is 2.76 bits per heavy atom. The van der Waals surface area contributed by atoms with Gasteiger partial charge in [-0.2, -0.15) is 0 Å². The maximum Gasteiger partial charge on any atom is 0.310 e. The molecule has 2 N–H and O–H groups in total. The zero-order valence-electron chi connectivity index (χ0n) is 25.8. The van der Waals surface area contributed by atoms with Gasteiger partial charge in [0.15, 0.2) is 5.82 Å². The summed E-state index contributed by atoms with van der Waals surface area (Å²) in [5.74, 6) is -1.90. The molecule has 4 aromatic rings. The maximum atomic E-state index is 14.7. The fraction of sp³-hybridized carbons (Fsp3) is 0.324. The van der Waals surface area contributed by atoms with Crippen LogP contribution in [-0.4, -0.2) is 52.6 Å².